The molecule has 3 heteroatoms. The van der Waals surface area contributed by atoms with E-state index in [1.807, 2.05) is 26.0 Å². The van der Waals surface area contributed by atoms with E-state index in [1.165, 1.54) is 32.1 Å². The molecular formula is C19H29O3. The first-order valence-corrected chi connectivity index (χ1v) is 8.35. The molecule has 0 aromatic heterocycles. The van der Waals surface area contributed by atoms with Crippen molar-refractivity contribution in [3.63, 3.8) is 0 Å². The summed E-state index contributed by atoms with van der Waals surface area (Å²) in [6, 6.07) is 5.51. The molecule has 0 unspecified atom stereocenters. The zero-order valence-electron chi connectivity index (χ0n) is 14.0. The van der Waals surface area contributed by atoms with Gasteiger partial charge in [0.2, 0.25) is 0 Å². The largest absolute Gasteiger partial charge is 0.373 e. The van der Waals surface area contributed by atoms with Gasteiger partial charge in [-0.3, -0.25) is 4.89 Å². The highest BCUT2D eigenvalue weighted by molar-refractivity contribution is 5.89. The fourth-order valence-corrected chi connectivity index (χ4v) is 2.23. The Morgan fingerprint density at radius 2 is 1.59 bits per heavy atom. The van der Waals surface area contributed by atoms with E-state index in [9.17, 15) is 4.79 Å². The van der Waals surface area contributed by atoms with E-state index in [1.54, 1.807) is 6.07 Å². The molecule has 1 radical (unpaired) electrons. The minimum absolute atomic E-state index is 0.420. The number of unbranched alkanes of at least 4 members (excludes halogenated alkanes) is 7. The van der Waals surface area contributed by atoms with Crippen molar-refractivity contribution in [3.05, 3.63) is 41.8 Å². The second kappa shape index (κ2) is 11.2. The van der Waals surface area contributed by atoms with E-state index in [-0.39, 0.29) is 0 Å². The Labute approximate surface area is 134 Å². The second-order valence-electron chi connectivity index (χ2n) is 5.82. The summed E-state index contributed by atoms with van der Waals surface area (Å²) in [6.07, 6.45) is 9.37. The number of aryl methyl sites for hydroxylation is 2. The standard InChI is InChI=1S/C19H29O3/c1-4-5-6-7-8-9-10-11-14-21-22-19(20)18-13-12-16(2)17(3)15-18/h12-13,15H,1,4-11,14H2,2-3H3. The summed E-state index contributed by atoms with van der Waals surface area (Å²) in [5, 5.41) is 0. The van der Waals surface area contributed by atoms with Crippen LogP contribution in [-0.4, -0.2) is 12.6 Å². The Morgan fingerprint density at radius 1 is 0.955 bits per heavy atom. The van der Waals surface area contributed by atoms with Crippen LogP contribution in [0.1, 0.15) is 72.9 Å². The number of carbonyl (C=O) groups is 1. The topological polar surface area (TPSA) is 35.5 Å². The van der Waals surface area contributed by atoms with Crippen molar-refractivity contribution in [2.75, 3.05) is 6.61 Å². The molecule has 1 aromatic rings. The molecule has 0 aliphatic heterocycles. The summed E-state index contributed by atoms with van der Waals surface area (Å²) in [6.45, 7) is 8.30. The highest BCUT2D eigenvalue weighted by Crippen LogP contribution is 2.11. The van der Waals surface area contributed by atoms with Gasteiger partial charge < -0.3 is 0 Å². The average Bonchev–Trinajstić information content (AvgIpc) is 2.51. The SMILES string of the molecule is [CH2]CCCCCCCCCOOC(=O)c1ccc(C)c(C)c1. The maximum Gasteiger partial charge on any atom is 0.373 e. The summed E-state index contributed by atoms with van der Waals surface area (Å²) in [5.41, 5.74) is 2.77. The van der Waals surface area contributed by atoms with E-state index in [0.29, 0.717) is 12.2 Å². The van der Waals surface area contributed by atoms with Crippen LogP contribution in [-0.2, 0) is 9.78 Å². The summed E-state index contributed by atoms with van der Waals surface area (Å²) in [5.74, 6) is -0.420. The maximum atomic E-state index is 11.8. The lowest BCUT2D eigenvalue weighted by molar-refractivity contribution is -0.241. The third-order valence-electron chi connectivity index (χ3n) is 3.85. The van der Waals surface area contributed by atoms with Crippen molar-refractivity contribution in [2.45, 2.75) is 65.2 Å². The van der Waals surface area contributed by atoms with Crippen LogP contribution in [0.4, 0.5) is 0 Å². The van der Waals surface area contributed by atoms with Gasteiger partial charge in [-0.15, -0.1) is 0 Å². The number of hydrogen-bond donors (Lipinski definition) is 0. The van der Waals surface area contributed by atoms with Gasteiger partial charge in [-0.25, -0.2) is 4.79 Å². The molecule has 0 N–H and O–H groups in total. The van der Waals surface area contributed by atoms with Gasteiger partial charge in [0.15, 0.2) is 0 Å². The summed E-state index contributed by atoms with van der Waals surface area (Å²) in [4.78, 5) is 21.6. The van der Waals surface area contributed by atoms with Crippen molar-refractivity contribution < 1.29 is 14.6 Å². The van der Waals surface area contributed by atoms with Crippen LogP contribution >= 0.6 is 0 Å². The normalized spacial score (nSPS) is 10.7. The summed E-state index contributed by atoms with van der Waals surface area (Å²) >= 11 is 0. The van der Waals surface area contributed by atoms with Crippen molar-refractivity contribution in [3.8, 4) is 0 Å². The monoisotopic (exact) mass is 305 g/mol. The Bertz CT molecular complexity index is 440. The Kier molecular flexibility index (Phi) is 9.56. The van der Waals surface area contributed by atoms with E-state index in [0.717, 1.165) is 30.4 Å². The molecule has 1 rings (SSSR count). The molecule has 0 atom stereocenters. The zero-order chi connectivity index (χ0) is 16.2. The van der Waals surface area contributed by atoms with E-state index < -0.39 is 5.97 Å². The van der Waals surface area contributed by atoms with Crippen molar-refractivity contribution in [2.24, 2.45) is 0 Å². The van der Waals surface area contributed by atoms with Gasteiger partial charge >= 0.3 is 5.97 Å². The predicted octanol–water partition coefficient (Wildman–Crippen LogP) is 5.35. The molecule has 0 saturated heterocycles. The summed E-state index contributed by atoms with van der Waals surface area (Å²) in [7, 11) is 0. The molecule has 0 saturated carbocycles. The predicted molar refractivity (Wildman–Crippen MR) is 89.6 cm³/mol. The number of hydrogen-bond acceptors (Lipinski definition) is 3. The van der Waals surface area contributed by atoms with Crippen molar-refractivity contribution in [1.29, 1.82) is 0 Å². The minimum Gasteiger partial charge on any atom is -0.293 e. The maximum absolute atomic E-state index is 11.8. The summed E-state index contributed by atoms with van der Waals surface area (Å²) < 4.78 is 0. The Balaban J connectivity index is 2.04. The molecule has 1 aromatic carbocycles. The van der Waals surface area contributed by atoms with Gasteiger partial charge in [0, 0.05) is 0 Å². The molecule has 0 fully saturated rings. The molecule has 0 aliphatic rings. The van der Waals surface area contributed by atoms with Gasteiger partial charge in [-0.05, 0) is 43.5 Å². The smallest absolute Gasteiger partial charge is 0.293 e. The quantitative estimate of drug-likeness (QED) is 0.314. The fraction of sp³-hybridized carbons (Fsp3) is 0.579. The minimum atomic E-state index is -0.420. The number of rotatable bonds is 11. The molecule has 0 spiro atoms. The van der Waals surface area contributed by atoms with Gasteiger partial charge in [-0.1, -0.05) is 57.9 Å². The van der Waals surface area contributed by atoms with Gasteiger partial charge in [0.25, 0.3) is 0 Å². The van der Waals surface area contributed by atoms with Crippen LogP contribution in [0.15, 0.2) is 18.2 Å². The van der Waals surface area contributed by atoms with Crippen LogP contribution < -0.4 is 0 Å². The fourth-order valence-electron chi connectivity index (χ4n) is 2.23. The van der Waals surface area contributed by atoms with Crippen LogP contribution in [0, 0.1) is 20.8 Å². The van der Waals surface area contributed by atoms with E-state index >= 15 is 0 Å². The first-order chi connectivity index (χ1) is 10.6. The van der Waals surface area contributed by atoms with E-state index in [2.05, 4.69) is 6.92 Å². The van der Waals surface area contributed by atoms with Crippen LogP contribution in [0.25, 0.3) is 0 Å². The lowest BCUT2D eigenvalue weighted by Crippen LogP contribution is -2.07. The Morgan fingerprint density at radius 3 is 2.23 bits per heavy atom. The number of carbonyl (C=O) groups excluding carboxylic acids is 1. The van der Waals surface area contributed by atoms with Crippen LogP contribution in [0.5, 0.6) is 0 Å². The molecule has 0 heterocycles. The lowest BCUT2D eigenvalue weighted by Gasteiger charge is -2.06. The van der Waals surface area contributed by atoms with Gasteiger partial charge in [0.1, 0.15) is 0 Å². The molecule has 22 heavy (non-hydrogen) atoms. The van der Waals surface area contributed by atoms with Crippen molar-refractivity contribution >= 4 is 5.97 Å². The highest BCUT2D eigenvalue weighted by atomic mass is 17.2. The number of benzene rings is 1. The molecule has 0 bridgehead atoms. The molecule has 3 nitrogen and oxygen atoms in total. The van der Waals surface area contributed by atoms with Gasteiger partial charge in [-0.2, -0.15) is 4.89 Å². The van der Waals surface area contributed by atoms with E-state index in [4.69, 9.17) is 9.78 Å². The third-order valence-corrected chi connectivity index (χ3v) is 3.85. The average molecular weight is 305 g/mol. The first-order valence-electron chi connectivity index (χ1n) is 8.35. The second-order valence-corrected chi connectivity index (χ2v) is 5.82. The third kappa shape index (κ3) is 7.60. The highest BCUT2D eigenvalue weighted by Gasteiger charge is 2.09. The Hall–Kier alpha value is -1.35. The molecule has 0 aliphatic carbocycles. The molecule has 123 valence electrons. The first kappa shape index (κ1) is 18.7. The zero-order valence-corrected chi connectivity index (χ0v) is 14.0. The molecular weight excluding hydrogens is 276 g/mol. The lowest BCUT2D eigenvalue weighted by atomic mass is 10.1. The van der Waals surface area contributed by atoms with Crippen LogP contribution in [0.2, 0.25) is 0 Å². The van der Waals surface area contributed by atoms with Gasteiger partial charge in [0.05, 0.1) is 12.2 Å². The van der Waals surface area contributed by atoms with Crippen molar-refractivity contribution in [1.82, 2.24) is 0 Å². The molecule has 0 amide bonds. The van der Waals surface area contributed by atoms with Crippen LogP contribution in [0.3, 0.4) is 0 Å².